The molecule has 0 aliphatic carbocycles. The molecule has 0 aliphatic heterocycles. The summed E-state index contributed by atoms with van der Waals surface area (Å²) in [6.07, 6.45) is 1.34. The first-order valence-electron chi connectivity index (χ1n) is 4.77. The van der Waals surface area contributed by atoms with Crippen molar-refractivity contribution in [3.8, 4) is 0 Å². The molecule has 0 fully saturated rings. The molecule has 0 unspecified atom stereocenters. The molecule has 17 heavy (non-hydrogen) atoms. The molecule has 7 heteroatoms. The van der Waals surface area contributed by atoms with E-state index in [1.165, 1.54) is 30.5 Å². The van der Waals surface area contributed by atoms with Crippen LogP contribution in [-0.4, -0.2) is 18.6 Å². The third kappa shape index (κ3) is 2.44. The minimum atomic E-state index is -3.70. The fourth-order valence-corrected chi connectivity index (χ4v) is 2.38. The number of nitrogens with zero attached hydrogens (tertiary/aromatic N) is 1. The van der Waals surface area contributed by atoms with Crippen LogP contribution >= 0.6 is 0 Å². The summed E-state index contributed by atoms with van der Waals surface area (Å²) < 4.78 is 38.9. The summed E-state index contributed by atoms with van der Waals surface area (Å²) in [5.74, 6) is -0.410. The van der Waals surface area contributed by atoms with E-state index in [1.54, 1.807) is 6.92 Å². The van der Waals surface area contributed by atoms with Gasteiger partial charge in [-0.3, -0.25) is 9.82 Å². The highest BCUT2D eigenvalue weighted by Crippen LogP contribution is 2.19. The highest BCUT2D eigenvalue weighted by molar-refractivity contribution is 7.92. The molecule has 5 nitrogen and oxygen atoms in total. The standard InChI is InChI=1S/C10H10FN3O2S/c1-7-6-8(11)2-3-9(7)14-17(15,16)10-4-5-12-13-10/h2-6,14H,1H3,(H,12,13). The van der Waals surface area contributed by atoms with E-state index in [2.05, 4.69) is 14.9 Å². The van der Waals surface area contributed by atoms with Crippen molar-refractivity contribution in [2.45, 2.75) is 11.9 Å². The summed E-state index contributed by atoms with van der Waals surface area (Å²) in [5.41, 5.74) is 0.842. The number of nitrogens with one attached hydrogen (secondary N) is 2. The van der Waals surface area contributed by atoms with Gasteiger partial charge in [-0.1, -0.05) is 0 Å². The number of aromatic nitrogens is 2. The summed E-state index contributed by atoms with van der Waals surface area (Å²) >= 11 is 0. The minimum Gasteiger partial charge on any atom is -0.278 e. The first-order valence-corrected chi connectivity index (χ1v) is 6.26. The quantitative estimate of drug-likeness (QED) is 0.875. The van der Waals surface area contributed by atoms with Crippen molar-refractivity contribution in [3.05, 3.63) is 41.8 Å². The van der Waals surface area contributed by atoms with Gasteiger partial charge in [0.15, 0.2) is 5.03 Å². The Kier molecular flexibility index (Phi) is 2.84. The Morgan fingerprint density at radius 2 is 2.12 bits per heavy atom. The van der Waals surface area contributed by atoms with Gasteiger partial charge in [0.1, 0.15) is 5.82 Å². The summed E-state index contributed by atoms with van der Waals surface area (Å²) in [5, 5.41) is 5.88. The number of rotatable bonds is 3. The summed E-state index contributed by atoms with van der Waals surface area (Å²) in [6, 6.07) is 5.16. The van der Waals surface area contributed by atoms with Crippen LogP contribution in [0.25, 0.3) is 0 Å². The zero-order valence-corrected chi connectivity index (χ0v) is 9.75. The van der Waals surface area contributed by atoms with Gasteiger partial charge in [-0.15, -0.1) is 0 Å². The molecule has 1 heterocycles. The van der Waals surface area contributed by atoms with Crippen molar-refractivity contribution in [3.63, 3.8) is 0 Å². The molecule has 1 aromatic heterocycles. The van der Waals surface area contributed by atoms with Gasteiger partial charge in [0, 0.05) is 0 Å². The Bertz CT molecular complexity index is 623. The van der Waals surface area contributed by atoms with Crippen LogP contribution in [0.1, 0.15) is 5.56 Å². The number of halogens is 1. The predicted molar refractivity (Wildman–Crippen MR) is 60.5 cm³/mol. The molecule has 90 valence electrons. The molecule has 0 bridgehead atoms. The second-order valence-corrected chi connectivity index (χ2v) is 5.14. The number of sulfonamides is 1. The summed E-state index contributed by atoms with van der Waals surface area (Å²) in [4.78, 5) is 0. The highest BCUT2D eigenvalue weighted by Gasteiger charge is 2.16. The number of benzene rings is 1. The maximum Gasteiger partial charge on any atom is 0.278 e. The molecule has 0 spiro atoms. The van der Waals surface area contributed by atoms with E-state index in [9.17, 15) is 12.8 Å². The molecule has 2 N–H and O–H groups in total. The number of hydrogen-bond donors (Lipinski definition) is 2. The molecule has 0 saturated carbocycles. The first kappa shape index (κ1) is 11.6. The fraction of sp³-hybridized carbons (Fsp3) is 0.100. The molecule has 0 atom stereocenters. The molecule has 2 rings (SSSR count). The van der Waals surface area contributed by atoms with E-state index in [-0.39, 0.29) is 5.03 Å². The van der Waals surface area contributed by atoms with E-state index < -0.39 is 15.8 Å². The molecule has 0 saturated heterocycles. The number of aryl methyl sites for hydroxylation is 1. The van der Waals surface area contributed by atoms with Gasteiger partial charge < -0.3 is 0 Å². The van der Waals surface area contributed by atoms with E-state index in [0.29, 0.717) is 11.3 Å². The second-order valence-electron chi connectivity index (χ2n) is 3.49. The smallest absolute Gasteiger partial charge is 0.278 e. The van der Waals surface area contributed by atoms with Crippen molar-refractivity contribution < 1.29 is 12.8 Å². The van der Waals surface area contributed by atoms with Crippen molar-refractivity contribution in [1.29, 1.82) is 0 Å². The lowest BCUT2D eigenvalue weighted by atomic mass is 10.2. The van der Waals surface area contributed by atoms with Gasteiger partial charge in [0.25, 0.3) is 10.0 Å². The lowest BCUT2D eigenvalue weighted by Gasteiger charge is -2.08. The lowest BCUT2D eigenvalue weighted by molar-refractivity contribution is 0.597. The minimum absolute atomic E-state index is 0.0405. The van der Waals surface area contributed by atoms with Crippen molar-refractivity contribution in [2.75, 3.05) is 4.72 Å². The van der Waals surface area contributed by atoms with Gasteiger partial charge in [0.05, 0.1) is 11.9 Å². The number of aromatic amines is 1. The Morgan fingerprint density at radius 3 is 2.71 bits per heavy atom. The van der Waals surface area contributed by atoms with Crippen LogP contribution in [0, 0.1) is 12.7 Å². The molecule has 0 radical (unpaired) electrons. The van der Waals surface area contributed by atoms with Gasteiger partial charge in [-0.2, -0.15) is 13.5 Å². The van der Waals surface area contributed by atoms with E-state index in [1.807, 2.05) is 0 Å². The lowest BCUT2D eigenvalue weighted by Crippen LogP contribution is -2.14. The fourth-order valence-electron chi connectivity index (χ4n) is 1.33. The number of anilines is 1. The van der Waals surface area contributed by atoms with Crippen LogP contribution in [0.15, 0.2) is 35.5 Å². The maximum atomic E-state index is 12.9. The van der Waals surface area contributed by atoms with Crippen LogP contribution in [0.3, 0.4) is 0 Å². The van der Waals surface area contributed by atoms with Crippen LogP contribution < -0.4 is 4.72 Å². The highest BCUT2D eigenvalue weighted by atomic mass is 32.2. The van der Waals surface area contributed by atoms with Gasteiger partial charge in [0.2, 0.25) is 0 Å². The van der Waals surface area contributed by atoms with Crippen molar-refractivity contribution in [2.24, 2.45) is 0 Å². The second kappa shape index (κ2) is 4.17. The summed E-state index contributed by atoms with van der Waals surface area (Å²) in [6.45, 7) is 1.62. The van der Waals surface area contributed by atoms with Crippen molar-refractivity contribution >= 4 is 15.7 Å². The van der Waals surface area contributed by atoms with Gasteiger partial charge in [-0.25, -0.2) is 4.39 Å². The average molecular weight is 255 g/mol. The van der Waals surface area contributed by atoms with Crippen LogP contribution in [-0.2, 0) is 10.0 Å². The number of H-pyrrole nitrogens is 1. The van der Waals surface area contributed by atoms with Gasteiger partial charge >= 0.3 is 0 Å². The number of hydrogen-bond acceptors (Lipinski definition) is 3. The molecule has 1 aromatic carbocycles. The topological polar surface area (TPSA) is 74.8 Å². The van der Waals surface area contributed by atoms with E-state index in [0.717, 1.165) is 0 Å². The Hall–Kier alpha value is -1.89. The Morgan fingerprint density at radius 1 is 1.35 bits per heavy atom. The first-order chi connectivity index (χ1) is 7.99. The third-order valence-electron chi connectivity index (χ3n) is 2.20. The molecule has 0 amide bonds. The largest absolute Gasteiger partial charge is 0.278 e. The Labute approximate surface area is 97.7 Å². The Balaban J connectivity index is 2.33. The predicted octanol–water partition coefficient (Wildman–Crippen LogP) is 1.66. The van der Waals surface area contributed by atoms with Crippen molar-refractivity contribution in [1.82, 2.24) is 10.2 Å². The summed E-state index contributed by atoms with van der Waals surface area (Å²) in [7, 11) is -3.70. The molecular weight excluding hydrogens is 245 g/mol. The maximum absolute atomic E-state index is 12.9. The van der Waals surface area contributed by atoms with E-state index >= 15 is 0 Å². The molecule has 0 aliphatic rings. The van der Waals surface area contributed by atoms with Crippen LogP contribution in [0.5, 0.6) is 0 Å². The molecular formula is C10H10FN3O2S. The zero-order chi connectivity index (χ0) is 12.5. The van der Waals surface area contributed by atoms with Crippen LogP contribution in [0.4, 0.5) is 10.1 Å². The zero-order valence-electron chi connectivity index (χ0n) is 8.94. The van der Waals surface area contributed by atoms with E-state index in [4.69, 9.17) is 0 Å². The van der Waals surface area contributed by atoms with Gasteiger partial charge in [-0.05, 0) is 36.8 Å². The van der Waals surface area contributed by atoms with Crippen LogP contribution in [0.2, 0.25) is 0 Å². The third-order valence-corrected chi connectivity index (χ3v) is 3.49. The monoisotopic (exact) mass is 255 g/mol. The SMILES string of the molecule is Cc1cc(F)ccc1NS(=O)(=O)c1ccn[nH]1. The average Bonchev–Trinajstić information content (AvgIpc) is 2.76. The normalized spacial score (nSPS) is 11.4. The molecule has 2 aromatic rings.